The molecule has 1 saturated heterocycles. The standard InChI is InChI=1S/C14H21NO2/c1-9-8-12(10(2)15-9)11-6-5-7-13(16-3)14(11)17-4/h5-7,9-10,12,15H,8H2,1-4H3. The van der Waals surface area contributed by atoms with Gasteiger partial charge in [-0.2, -0.15) is 0 Å². The number of ether oxygens (including phenoxy) is 2. The van der Waals surface area contributed by atoms with E-state index in [0.717, 1.165) is 17.9 Å². The van der Waals surface area contributed by atoms with Crippen LogP contribution in [0.15, 0.2) is 18.2 Å². The van der Waals surface area contributed by atoms with Crippen LogP contribution in [-0.2, 0) is 0 Å². The van der Waals surface area contributed by atoms with E-state index in [4.69, 9.17) is 9.47 Å². The van der Waals surface area contributed by atoms with Crippen LogP contribution >= 0.6 is 0 Å². The number of nitrogens with one attached hydrogen (secondary N) is 1. The molecule has 3 atom stereocenters. The van der Waals surface area contributed by atoms with Gasteiger partial charge in [-0.3, -0.25) is 0 Å². The molecule has 2 rings (SSSR count). The summed E-state index contributed by atoms with van der Waals surface area (Å²) in [6, 6.07) is 7.16. The molecule has 0 aliphatic carbocycles. The van der Waals surface area contributed by atoms with Crippen molar-refractivity contribution in [1.82, 2.24) is 5.32 Å². The van der Waals surface area contributed by atoms with Crippen LogP contribution in [-0.4, -0.2) is 26.3 Å². The summed E-state index contributed by atoms with van der Waals surface area (Å²) >= 11 is 0. The number of rotatable bonds is 3. The van der Waals surface area contributed by atoms with Gasteiger partial charge in [0.05, 0.1) is 14.2 Å². The van der Waals surface area contributed by atoms with Crippen molar-refractivity contribution in [3.05, 3.63) is 23.8 Å². The van der Waals surface area contributed by atoms with Crippen molar-refractivity contribution in [2.45, 2.75) is 38.3 Å². The molecule has 1 heterocycles. The summed E-state index contributed by atoms with van der Waals surface area (Å²) in [6.07, 6.45) is 1.14. The SMILES string of the molecule is COc1cccc(C2CC(C)NC2C)c1OC. The first-order valence-electron chi connectivity index (χ1n) is 6.14. The fourth-order valence-corrected chi connectivity index (χ4v) is 2.82. The minimum Gasteiger partial charge on any atom is -0.493 e. The number of benzene rings is 1. The largest absolute Gasteiger partial charge is 0.493 e. The van der Waals surface area contributed by atoms with Crippen molar-refractivity contribution in [3.8, 4) is 11.5 Å². The fourth-order valence-electron chi connectivity index (χ4n) is 2.82. The number of hydrogen-bond acceptors (Lipinski definition) is 3. The third kappa shape index (κ3) is 2.25. The molecule has 1 aliphatic heterocycles. The zero-order valence-corrected chi connectivity index (χ0v) is 11.0. The second-order valence-electron chi connectivity index (χ2n) is 4.78. The molecule has 0 amide bonds. The van der Waals surface area contributed by atoms with Gasteiger partial charge < -0.3 is 14.8 Å². The van der Waals surface area contributed by atoms with E-state index in [2.05, 4.69) is 25.2 Å². The third-order valence-electron chi connectivity index (χ3n) is 3.59. The highest BCUT2D eigenvalue weighted by atomic mass is 16.5. The summed E-state index contributed by atoms with van der Waals surface area (Å²) in [7, 11) is 3.39. The van der Waals surface area contributed by atoms with E-state index in [1.165, 1.54) is 5.56 Å². The van der Waals surface area contributed by atoms with Crippen LogP contribution in [0.25, 0.3) is 0 Å². The molecule has 0 aromatic heterocycles. The maximum absolute atomic E-state index is 5.51. The van der Waals surface area contributed by atoms with Gasteiger partial charge in [-0.25, -0.2) is 0 Å². The van der Waals surface area contributed by atoms with Crippen LogP contribution in [0.1, 0.15) is 31.7 Å². The summed E-state index contributed by atoms with van der Waals surface area (Å²) in [5.74, 6) is 2.19. The molecule has 0 spiro atoms. The molecule has 1 aliphatic rings. The lowest BCUT2D eigenvalue weighted by Crippen LogP contribution is -2.26. The second-order valence-corrected chi connectivity index (χ2v) is 4.78. The summed E-state index contributed by atoms with van der Waals surface area (Å²) < 4.78 is 10.9. The molecular weight excluding hydrogens is 214 g/mol. The summed E-state index contributed by atoms with van der Waals surface area (Å²) in [4.78, 5) is 0. The van der Waals surface area contributed by atoms with Gasteiger partial charge in [-0.1, -0.05) is 12.1 Å². The van der Waals surface area contributed by atoms with Crippen molar-refractivity contribution in [2.75, 3.05) is 14.2 Å². The molecule has 1 aromatic rings. The van der Waals surface area contributed by atoms with Gasteiger partial charge >= 0.3 is 0 Å². The number of methoxy groups -OCH3 is 2. The van der Waals surface area contributed by atoms with Crippen molar-refractivity contribution in [3.63, 3.8) is 0 Å². The number of para-hydroxylation sites is 1. The highest BCUT2D eigenvalue weighted by Crippen LogP contribution is 2.40. The van der Waals surface area contributed by atoms with Crippen molar-refractivity contribution < 1.29 is 9.47 Å². The smallest absolute Gasteiger partial charge is 0.164 e. The molecular formula is C14H21NO2. The highest BCUT2D eigenvalue weighted by Gasteiger charge is 2.31. The van der Waals surface area contributed by atoms with E-state index in [1.807, 2.05) is 12.1 Å². The average molecular weight is 235 g/mol. The Morgan fingerprint density at radius 2 is 1.94 bits per heavy atom. The highest BCUT2D eigenvalue weighted by molar-refractivity contribution is 5.49. The van der Waals surface area contributed by atoms with Crippen LogP contribution in [0, 0.1) is 0 Å². The van der Waals surface area contributed by atoms with Gasteiger partial charge in [0, 0.05) is 23.6 Å². The predicted octanol–water partition coefficient (Wildman–Crippen LogP) is 2.56. The lowest BCUT2D eigenvalue weighted by Gasteiger charge is -2.20. The normalized spacial score (nSPS) is 28.1. The first-order valence-corrected chi connectivity index (χ1v) is 6.14. The molecule has 3 nitrogen and oxygen atoms in total. The molecule has 0 saturated carbocycles. The zero-order valence-electron chi connectivity index (χ0n) is 11.0. The molecule has 3 unspecified atom stereocenters. The Kier molecular flexibility index (Phi) is 3.57. The fraction of sp³-hybridized carbons (Fsp3) is 0.571. The average Bonchev–Trinajstić information content (AvgIpc) is 2.67. The zero-order chi connectivity index (χ0) is 12.4. The van der Waals surface area contributed by atoms with E-state index in [1.54, 1.807) is 14.2 Å². The molecule has 3 heteroatoms. The first-order chi connectivity index (χ1) is 8.17. The Labute approximate surface area is 103 Å². The first kappa shape index (κ1) is 12.2. The minimum absolute atomic E-state index is 0.478. The maximum atomic E-state index is 5.51. The van der Waals surface area contributed by atoms with E-state index in [9.17, 15) is 0 Å². The molecule has 1 N–H and O–H groups in total. The van der Waals surface area contributed by atoms with Gasteiger partial charge in [-0.05, 0) is 26.3 Å². The monoisotopic (exact) mass is 235 g/mol. The van der Waals surface area contributed by atoms with Crippen LogP contribution in [0.4, 0.5) is 0 Å². The second kappa shape index (κ2) is 4.96. The molecule has 0 bridgehead atoms. The minimum atomic E-state index is 0.478. The third-order valence-corrected chi connectivity index (χ3v) is 3.59. The Balaban J connectivity index is 2.38. The van der Waals surface area contributed by atoms with E-state index in [0.29, 0.717) is 18.0 Å². The maximum Gasteiger partial charge on any atom is 0.164 e. The Morgan fingerprint density at radius 3 is 2.47 bits per heavy atom. The molecule has 94 valence electrons. The van der Waals surface area contributed by atoms with Crippen molar-refractivity contribution in [1.29, 1.82) is 0 Å². The molecule has 1 aromatic carbocycles. The van der Waals surface area contributed by atoms with Crippen LogP contribution < -0.4 is 14.8 Å². The Morgan fingerprint density at radius 1 is 1.18 bits per heavy atom. The summed E-state index contributed by atoms with van der Waals surface area (Å²) in [5, 5.41) is 3.56. The Hall–Kier alpha value is -1.22. The van der Waals surface area contributed by atoms with E-state index in [-0.39, 0.29) is 0 Å². The molecule has 1 fully saturated rings. The number of hydrogen-bond donors (Lipinski definition) is 1. The van der Waals surface area contributed by atoms with Gasteiger partial charge in [-0.15, -0.1) is 0 Å². The van der Waals surface area contributed by atoms with Gasteiger partial charge in [0.2, 0.25) is 0 Å². The van der Waals surface area contributed by atoms with Gasteiger partial charge in [0.1, 0.15) is 0 Å². The molecule has 0 radical (unpaired) electrons. The van der Waals surface area contributed by atoms with Crippen molar-refractivity contribution in [2.24, 2.45) is 0 Å². The van der Waals surface area contributed by atoms with Crippen LogP contribution in [0.3, 0.4) is 0 Å². The van der Waals surface area contributed by atoms with Crippen molar-refractivity contribution >= 4 is 0 Å². The lowest BCUT2D eigenvalue weighted by atomic mass is 9.91. The van der Waals surface area contributed by atoms with Gasteiger partial charge in [0.25, 0.3) is 0 Å². The lowest BCUT2D eigenvalue weighted by molar-refractivity contribution is 0.348. The van der Waals surface area contributed by atoms with Gasteiger partial charge in [0.15, 0.2) is 11.5 Å². The molecule has 17 heavy (non-hydrogen) atoms. The summed E-state index contributed by atoms with van der Waals surface area (Å²) in [5.41, 5.74) is 1.25. The quantitative estimate of drug-likeness (QED) is 0.873. The van der Waals surface area contributed by atoms with E-state index >= 15 is 0 Å². The topological polar surface area (TPSA) is 30.5 Å². The Bertz CT molecular complexity index is 392. The van der Waals surface area contributed by atoms with Crippen LogP contribution in [0.2, 0.25) is 0 Å². The van der Waals surface area contributed by atoms with Crippen LogP contribution in [0.5, 0.6) is 11.5 Å². The predicted molar refractivity (Wildman–Crippen MR) is 69.0 cm³/mol. The summed E-state index contributed by atoms with van der Waals surface area (Å²) in [6.45, 7) is 4.45. The van der Waals surface area contributed by atoms with E-state index < -0.39 is 0 Å².